The van der Waals surface area contributed by atoms with Crippen LogP contribution in [0.15, 0.2) is 24.4 Å². The highest BCUT2D eigenvalue weighted by Gasteiger charge is 2.15. The number of aromatic hydroxyl groups is 1. The van der Waals surface area contributed by atoms with Crippen molar-refractivity contribution in [2.24, 2.45) is 5.84 Å². The van der Waals surface area contributed by atoms with Crippen molar-refractivity contribution < 1.29 is 9.90 Å². The van der Waals surface area contributed by atoms with Crippen LogP contribution in [0.25, 0.3) is 10.9 Å². The van der Waals surface area contributed by atoms with E-state index in [2.05, 4.69) is 4.98 Å². The van der Waals surface area contributed by atoms with Gasteiger partial charge in [-0.2, -0.15) is 0 Å². The summed E-state index contributed by atoms with van der Waals surface area (Å²) in [6, 6.07) is 4.86. The zero-order chi connectivity index (χ0) is 11.7. The molecule has 2 aromatic rings. The van der Waals surface area contributed by atoms with E-state index < -0.39 is 5.91 Å². The molecule has 2 rings (SSSR count). The fraction of sp³-hybridized carbons (Fsp3) is 0. The second-order valence-electron chi connectivity index (χ2n) is 3.15. The van der Waals surface area contributed by atoms with E-state index in [1.54, 1.807) is 18.2 Å². The fourth-order valence-electron chi connectivity index (χ4n) is 1.47. The molecular formula is C10H8ClN3O2. The summed E-state index contributed by atoms with van der Waals surface area (Å²) in [6.45, 7) is 0. The number of pyridine rings is 1. The minimum atomic E-state index is -0.591. The van der Waals surface area contributed by atoms with Gasteiger partial charge in [0.05, 0.1) is 17.3 Å². The molecule has 1 aromatic carbocycles. The van der Waals surface area contributed by atoms with Gasteiger partial charge in [0, 0.05) is 10.4 Å². The van der Waals surface area contributed by atoms with Gasteiger partial charge in [-0.25, -0.2) is 5.84 Å². The standard InChI is InChI=1S/C10H8ClN3O2/c11-5-1-2-7-6(3-5)9(10(16)14-12)8(15)4-13-7/h1-4,15H,12H2,(H,14,16). The van der Waals surface area contributed by atoms with Gasteiger partial charge >= 0.3 is 0 Å². The molecule has 0 aliphatic heterocycles. The first-order chi connectivity index (χ1) is 7.63. The second kappa shape index (κ2) is 3.96. The molecule has 16 heavy (non-hydrogen) atoms. The monoisotopic (exact) mass is 237 g/mol. The van der Waals surface area contributed by atoms with Crippen molar-refractivity contribution in [1.29, 1.82) is 0 Å². The number of nitrogens with two attached hydrogens (primary N) is 1. The van der Waals surface area contributed by atoms with Gasteiger partial charge < -0.3 is 5.11 Å². The fourth-order valence-corrected chi connectivity index (χ4v) is 1.64. The summed E-state index contributed by atoms with van der Waals surface area (Å²) in [5.41, 5.74) is 2.59. The molecule has 4 N–H and O–H groups in total. The minimum absolute atomic E-state index is 0.0648. The molecular weight excluding hydrogens is 230 g/mol. The molecule has 0 unspecified atom stereocenters. The number of fused-ring (bicyclic) bond motifs is 1. The Morgan fingerprint density at radius 2 is 2.25 bits per heavy atom. The Labute approximate surface area is 95.8 Å². The van der Waals surface area contributed by atoms with Crippen molar-refractivity contribution in [3.8, 4) is 5.75 Å². The Hall–Kier alpha value is -1.85. The van der Waals surface area contributed by atoms with E-state index in [9.17, 15) is 9.90 Å². The molecule has 0 radical (unpaired) electrons. The Kier molecular flexibility index (Phi) is 2.64. The highest BCUT2D eigenvalue weighted by molar-refractivity contribution is 6.31. The van der Waals surface area contributed by atoms with Gasteiger partial charge in [-0.15, -0.1) is 0 Å². The lowest BCUT2D eigenvalue weighted by atomic mass is 10.1. The van der Waals surface area contributed by atoms with Crippen LogP contribution in [0.5, 0.6) is 5.75 Å². The molecule has 0 saturated heterocycles. The largest absolute Gasteiger partial charge is 0.505 e. The van der Waals surface area contributed by atoms with Crippen molar-refractivity contribution in [3.63, 3.8) is 0 Å². The molecule has 5 nitrogen and oxygen atoms in total. The van der Waals surface area contributed by atoms with Crippen molar-refractivity contribution in [2.45, 2.75) is 0 Å². The highest BCUT2D eigenvalue weighted by atomic mass is 35.5. The van der Waals surface area contributed by atoms with Crippen LogP contribution in [-0.4, -0.2) is 16.0 Å². The topological polar surface area (TPSA) is 88.2 Å². The Bertz CT molecular complexity index is 566. The number of aromatic nitrogens is 1. The number of amides is 1. The van der Waals surface area contributed by atoms with Gasteiger partial charge in [-0.3, -0.25) is 15.2 Å². The molecule has 82 valence electrons. The van der Waals surface area contributed by atoms with E-state index in [-0.39, 0.29) is 11.3 Å². The number of nitrogens with zero attached hydrogens (tertiary/aromatic N) is 1. The molecule has 0 bridgehead atoms. The normalized spacial score (nSPS) is 10.4. The molecule has 0 aliphatic rings. The van der Waals surface area contributed by atoms with Crippen molar-refractivity contribution in [1.82, 2.24) is 10.4 Å². The zero-order valence-corrected chi connectivity index (χ0v) is 8.82. The summed E-state index contributed by atoms with van der Waals surface area (Å²) in [5, 5.41) is 10.5. The SMILES string of the molecule is NNC(=O)c1c(O)cnc2ccc(Cl)cc12. The quantitative estimate of drug-likeness (QED) is 0.395. The molecule has 6 heteroatoms. The first-order valence-corrected chi connectivity index (χ1v) is 4.79. The van der Waals surface area contributed by atoms with Crippen LogP contribution in [0.4, 0.5) is 0 Å². The van der Waals surface area contributed by atoms with E-state index in [0.29, 0.717) is 15.9 Å². The number of hydrogen-bond acceptors (Lipinski definition) is 4. The molecule has 0 atom stereocenters. The van der Waals surface area contributed by atoms with Crippen LogP contribution in [0.1, 0.15) is 10.4 Å². The number of hydrazine groups is 1. The third-order valence-corrected chi connectivity index (χ3v) is 2.40. The van der Waals surface area contributed by atoms with Crippen molar-refractivity contribution in [2.75, 3.05) is 0 Å². The third-order valence-electron chi connectivity index (χ3n) is 2.17. The first kappa shape index (κ1) is 10.7. The highest BCUT2D eigenvalue weighted by Crippen LogP contribution is 2.27. The number of nitrogens with one attached hydrogen (secondary N) is 1. The predicted octanol–water partition coefficient (Wildman–Crippen LogP) is 1.20. The Morgan fingerprint density at radius 1 is 1.50 bits per heavy atom. The van der Waals surface area contributed by atoms with Gasteiger partial charge in [0.15, 0.2) is 0 Å². The zero-order valence-electron chi connectivity index (χ0n) is 8.07. The van der Waals surface area contributed by atoms with E-state index in [1.165, 1.54) is 6.20 Å². The van der Waals surface area contributed by atoms with Crippen LogP contribution < -0.4 is 11.3 Å². The summed E-state index contributed by atoms with van der Waals surface area (Å²) in [5.74, 6) is 4.21. The van der Waals surface area contributed by atoms with E-state index in [0.717, 1.165) is 0 Å². The van der Waals surface area contributed by atoms with Crippen LogP contribution >= 0.6 is 11.6 Å². The van der Waals surface area contributed by atoms with E-state index in [1.807, 2.05) is 5.43 Å². The molecule has 0 spiro atoms. The molecule has 1 aromatic heterocycles. The lowest BCUT2D eigenvalue weighted by Gasteiger charge is -2.07. The summed E-state index contributed by atoms with van der Waals surface area (Å²) >= 11 is 5.82. The average Bonchev–Trinajstić information content (AvgIpc) is 2.28. The van der Waals surface area contributed by atoms with Gasteiger partial charge in [0.1, 0.15) is 5.75 Å². The Morgan fingerprint density at radius 3 is 2.94 bits per heavy atom. The molecule has 0 saturated carbocycles. The van der Waals surface area contributed by atoms with E-state index in [4.69, 9.17) is 17.4 Å². The van der Waals surface area contributed by atoms with Gasteiger partial charge in [-0.05, 0) is 18.2 Å². The Balaban J connectivity index is 2.82. The lowest BCUT2D eigenvalue weighted by Crippen LogP contribution is -2.30. The molecule has 0 aliphatic carbocycles. The summed E-state index contributed by atoms with van der Waals surface area (Å²) in [6.07, 6.45) is 1.20. The number of carbonyl (C=O) groups is 1. The number of nitrogen functional groups attached to an aromatic ring is 1. The van der Waals surface area contributed by atoms with Gasteiger partial charge in [-0.1, -0.05) is 11.6 Å². The van der Waals surface area contributed by atoms with Crippen LogP contribution in [0, 0.1) is 0 Å². The summed E-state index contributed by atoms with van der Waals surface area (Å²) < 4.78 is 0. The molecule has 1 heterocycles. The van der Waals surface area contributed by atoms with Crippen LogP contribution in [0.3, 0.4) is 0 Å². The maximum atomic E-state index is 11.5. The maximum absolute atomic E-state index is 11.5. The van der Waals surface area contributed by atoms with Crippen molar-refractivity contribution in [3.05, 3.63) is 35.0 Å². The first-order valence-electron chi connectivity index (χ1n) is 4.41. The molecule has 1 amide bonds. The summed E-state index contributed by atoms with van der Waals surface area (Å²) in [7, 11) is 0. The van der Waals surface area contributed by atoms with Crippen molar-refractivity contribution >= 4 is 28.4 Å². The van der Waals surface area contributed by atoms with Gasteiger partial charge in [0.25, 0.3) is 5.91 Å². The summed E-state index contributed by atoms with van der Waals surface area (Å²) in [4.78, 5) is 15.5. The average molecular weight is 238 g/mol. The number of carbonyl (C=O) groups excluding carboxylic acids is 1. The number of benzene rings is 1. The molecule has 0 fully saturated rings. The van der Waals surface area contributed by atoms with Crippen LogP contribution in [-0.2, 0) is 0 Å². The number of halogens is 1. The van der Waals surface area contributed by atoms with E-state index >= 15 is 0 Å². The number of hydrogen-bond donors (Lipinski definition) is 3. The second-order valence-corrected chi connectivity index (χ2v) is 3.59. The smallest absolute Gasteiger partial charge is 0.269 e. The predicted molar refractivity (Wildman–Crippen MR) is 60.1 cm³/mol. The maximum Gasteiger partial charge on any atom is 0.269 e. The lowest BCUT2D eigenvalue weighted by molar-refractivity contribution is 0.0952. The van der Waals surface area contributed by atoms with Crippen LogP contribution in [0.2, 0.25) is 5.02 Å². The third kappa shape index (κ3) is 1.66. The number of rotatable bonds is 1. The van der Waals surface area contributed by atoms with Gasteiger partial charge in [0.2, 0.25) is 0 Å². The minimum Gasteiger partial charge on any atom is -0.505 e.